The van der Waals surface area contributed by atoms with Gasteiger partial charge in [0, 0.05) is 122 Å². The summed E-state index contributed by atoms with van der Waals surface area (Å²) < 4.78 is 11.5. The van der Waals surface area contributed by atoms with Crippen LogP contribution >= 0.6 is 15.9 Å². The number of ether oxygens (including phenoxy) is 2. The summed E-state index contributed by atoms with van der Waals surface area (Å²) in [7, 11) is 2.03. The molecule has 16 nitrogen and oxygen atoms in total. The lowest BCUT2D eigenvalue weighted by atomic mass is 9.95. The van der Waals surface area contributed by atoms with E-state index < -0.39 is 17.9 Å². The first-order valence-corrected chi connectivity index (χ1v) is 23.7. The van der Waals surface area contributed by atoms with Crippen molar-refractivity contribution < 1.29 is 43.0 Å². The summed E-state index contributed by atoms with van der Waals surface area (Å²) in [6.45, 7) is 5.49. The number of piperazine rings is 1. The summed E-state index contributed by atoms with van der Waals surface area (Å²) in [5.74, 6) is -1.17. The minimum absolute atomic E-state index is 0.00532. The molecule has 1 aromatic heterocycles. The topological polar surface area (TPSA) is 191 Å². The van der Waals surface area contributed by atoms with Crippen molar-refractivity contribution in [3.63, 3.8) is 0 Å². The molecule has 0 bridgehead atoms. The number of H-pyrrole nitrogens is 1. The number of aliphatic imine (C=N–C) groups is 1. The van der Waals surface area contributed by atoms with Gasteiger partial charge in [-0.3, -0.25) is 38.7 Å². The van der Waals surface area contributed by atoms with E-state index in [4.69, 9.17) is 9.47 Å². The van der Waals surface area contributed by atoms with Crippen molar-refractivity contribution in [3.8, 4) is 5.75 Å². The van der Waals surface area contributed by atoms with Gasteiger partial charge in [0.25, 0.3) is 17.7 Å². The van der Waals surface area contributed by atoms with Gasteiger partial charge < -0.3 is 34.5 Å². The number of benzene rings is 4. The Hall–Kier alpha value is -6.82. The number of amides is 5. The number of imide groups is 1. The zero-order valence-corrected chi connectivity index (χ0v) is 39.5. The molecule has 0 spiro atoms. The molecule has 2 N–H and O–H groups in total. The zero-order chi connectivity index (χ0) is 47.9. The number of nitrogens with zero attached hydrogens (tertiary/aromatic N) is 5. The number of hydrogen-bond acceptors (Lipinski definition) is 11. The third-order valence-corrected chi connectivity index (χ3v) is 13.3. The van der Waals surface area contributed by atoms with E-state index in [2.05, 4.69) is 36.1 Å². The lowest BCUT2D eigenvalue weighted by Gasteiger charge is -2.31. The standard InChI is InChI=1S/C51H52BrN7O9/c1-32(54-30-38(60)16-23-67-24-17-53-46(62)15-18-58-47(63)13-14-48(58)64)34-8-10-35(11-9-34)44(61)26-33-7-12-41-36(25-33)27-42(55-41)50(65)59-31-37(29-52)49-40-6-4-3-5-39(40)45(28-43(49)59)68-51(66)57-21-19-56(2)20-22-57/h3-14,25,27-28,37,55H,15-24,26,29-31H2,1-2H3,(H,53,62)/t37-/m1/s1. The van der Waals surface area contributed by atoms with Crippen molar-refractivity contribution in [1.82, 2.24) is 25.0 Å². The van der Waals surface area contributed by atoms with Crippen LogP contribution in [0.5, 0.6) is 5.75 Å². The van der Waals surface area contributed by atoms with E-state index in [1.54, 1.807) is 41.0 Å². The number of carbonyl (C=O) groups is 7. The van der Waals surface area contributed by atoms with Gasteiger partial charge in [-0.05, 0) is 54.2 Å². The van der Waals surface area contributed by atoms with Crippen LogP contribution in [0.1, 0.15) is 63.2 Å². The summed E-state index contributed by atoms with van der Waals surface area (Å²) >= 11 is 3.69. The van der Waals surface area contributed by atoms with Crippen molar-refractivity contribution in [2.24, 2.45) is 4.99 Å². The van der Waals surface area contributed by atoms with Crippen LogP contribution in [0.25, 0.3) is 21.7 Å². The molecular weight excluding hydrogens is 935 g/mol. The Morgan fingerprint density at radius 3 is 2.31 bits per heavy atom. The van der Waals surface area contributed by atoms with Gasteiger partial charge >= 0.3 is 6.09 Å². The second-order valence-corrected chi connectivity index (χ2v) is 17.8. The molecule has 0 saturated carbocycles. The van der Waals surface area contributed by atoms with Crippen LogP contribution in [0.15, 0.2) is 96.0 Å². The molecule has 3 aliphatic heterocycles. The number of ketones is 2. The van der Waals surface area contributed by atoms with E-state index in [1.807, 2.05) is 61.6 Å². The number of rotatable bonds is 18. The number of aromatic nitrogens is 1. The number of Topliss-reactive ketones (excluding diaryl/α,β-unsaturated/α-hetero) is 2. The van der Waals surface area contributed by atoms with Crippen LogP contribution < -0.4 is 15.0 Å². The molecular formula is C51H52BrN7O9. The molecule has 1 fully saturated rings. The van der Waals surface area contributed by atoms with Gasteiger partial charge in [0.05, 0.1) is 25.4 Å². The molecule has 68 heavy (non-hydrogen) atoms. The van der Waals surface area contributed by atoms with E-state index in [0.717, 1.165) is 56.4 Å². The summed E-state index contributed by atoms with van der Waals surface area (Å²) in [5, 5.41) is 5.84. The van der Waals surface area contributed by atoms with Crippen LogP contribution in [0, 0.1) is 0 Å². The van der Waals surface area contributed by atoms with Crippen molar-refractivity contribution in [2.45, 2.75) is 32.1 Å². The third kappa shape index (κ3) is 11.0. The number of anilines is 1. The first-order chi connectivity index (χ1) is 32.9. The highest BCUT2D eigenvalue weighted by Gasteiger charge is 2.36. The molecule has 0 radical (unpaired) electrons. The van der Waals surface area contributed by atoms with Crippen LogP contribution in [-0.4, -0.2) is 145 Å². The Balaban J connectivity index is 0.833. The molecule has 0 unspecified atom stereocenters. The smallest absolute Gasteiger partial charge is 0.409 e. The van der Waals surface area contributed by atoms with Crippen LogP contribution in [0.2, 0.25) is 0 Å². The van der Waals surface area contributed by atoms with Crippen LogP contribution in [-0.2, 0) is 30.3 Å². The van der Waals surface area contributed by atoms with Gasteiger partial charge in [0.2, 0.25) is 5.91 Å². The predicted octanol–water partition coefficient (Wildman–Crippen LogP) is 5.85. The van der Waals surface area contributed by atoms with Crippen molar-refractivity contribution in [3.05, 3.63) is 119 Å². The molecule has 5 amide bonds. The number of hydrogen-bond donors (Lipinski definition) is 2. The van der Waals surface area contributed by atoms with Crippen molar-refractivity contribution in [1.29, 1.82) is 0 Å². The molecule has 3 aliphatic rings. The second kappa shape index (κ2) is 21.4. The van der Waals surface area contributed by atoms with Crippen molar-refractivity contribution >= 4 is 90.3 Å². The number of likely N-dealkylation sites (N-methyl/N-ethyl adjacent to an activating group) is 1. The maximum atomic E-state index is 14.4. The number of fused-ring (bicyclic) bond motifs is 4. The fourth-order valence-electron chi connectivity index (χ4n) is 8.58. The van der Waals surface area contributed by atoms with E-state index in [0.29, 0.717) is 53.4 Å². The fourth-order valence-corrected chi connectivity index (χ4v) is 9.11. The molecule has 8 rings (SSSR count). The van der Waals surface area contributed by atoms with Gasteiger partial charge in [0.15, 0.2) is 11.6 Å². The van der Waals surface area contributed by atoms with Gasteiger partial charge in [-0.2, -0.15) is 0 Å². The Morgan fingerprint density at radius 1 is 0.853 bits per heavy atom. The molecule has 0 aliphatic carbocycles. The highest BCUT2D eigenvalue weighted by molar-refractivity contribution is 9.09. The minimum atomic E-state index is -0.434. The van der Waals surface area contributed by atoms with E-state index in [-0.39, 0.29) is 81.4 Å². The largest absolute Gasteiger partial charge is 0.415 e. The first-order valence-electron chi connectivity index (χ1n) is 22.6. The average molecular weight is 987 g/mol. The number of halogens is 1. The fraction of sp³-hybridized carbons (Fsp3) is 0.333. The SMILES string of the molecule is CC(=NCC(=O)CCOCCNC(=O)CCN1C(=O)C=CC1=O)c1ccc(C(=O)Cc2ccc3[nH]c(C(=O)N4C[C@@H](CBr)c5c4cc(OC(=O)N4CCN(C)CC4)c4ccccc54)cc3c2)cc1. The second-order valence-electron chi connectivity index (χ2n) is 17.1. The zero-order valence-electron chi connectivity index (χ0n) is 37.9. The maximum Gasteiger partial charge on any atom is 0.415 e. The monoisotopic (exact) mass is 985 g/mol. The lowest BCUT2D eigenvalue weighted by molar-refractivity contribution is -0.137. The molecule has 1 saturated heterocycles. The Labute approximate surface area is 401 Å². The Bertz CT molecular complexity index is 2830. The van der Waals surface area contributed by atoms with E-state index in [9.17, 15) is 33.6 Å². The van der Waals surface area contributed by atoms with Crippen LogP contribution in [0.4, 0.5) is 10.5 Å². The highest BCUT2D eigenvalue weighted by Crippen LogP contribution is 2.46. The molecule has 4 aromatic carbocycles. The number of carbonyl (C=O) groups excluding carboxylic acids is 7. The molecule has 4 heterocycles. The van der Waals surface area contributed by atoms with Gasteiger partial charge in [-0.25, -0.2) is 4.79 Å². The number of alkyl halides is 1. The first kappa shape index (κ1) is 47.7. The highest BCUT2D eigenvalue weighted by atomic mass is 79.9. The van der Waals surface area contributed by atoms with E-state index >= 15 is 0 Å². The summed E-state index contributed by atoms with van der Waals surface area (Å²) in [5.41, 5.74) is 5.64. The van der Waals surface area contributed by atoms with Crippen molar-refractivity contribution in [2.75, 3.05) is 82.8 Å². The normalized spacial score (nSPS) is 16.2. The Kier molecular flexibility index (Phi) is 15.0. The average Bonchev–Trinajstić information content (AvgIpc) is 4.05. The molecule has 5 aromatic rings. The summed E-state index contributed by atoms with van der Waals surface area (Å²) in [4.78, 5) is 103. The molecule has 17 heteroatoms. The van der Waals surface area contributed by atoms with Crippen LogP contribution in [0.3, 0.4) is 0 Å². The van der Waals surface area contributed by atoms with Gasteiger partial charge in [-0.15, -0.1) is 0 Å². The maximum absolute atomic E-state index is 14.4. The quantitative estimate of drug-likeness (QED) is 0.0354. The summed E-state index contributed by atoms with van der Waals surface area (Å²) in [6, 6.07) is 24.2. The summed E-state index contributed by atoms with van der Waals surface area (Å²) in [6.07, 6.45) is 2.22. The number of nitrogens with one attached hydrogen (secondary N) is 2. The van der Waals surface area contributed by atoms with Gasteiger partial charge in [0.1, 0.15) is 11.4 Å². The Morgan fingerprint density at radius 2 is 1.57 bits per heavy atom. The number of aromatic amines is 1. The van der Waals surface area contributed by atoms with E-state index in [1.165, 1.54) is 12.2 Å². The third-order valence-electron chi connectivity index (χ3n) is 12.5. The lowest BCUT2D eigenvalue weighted by Crippen LogP contribution is -2.48. The molecule has 352 valence electrons. The molecule has 1 atom stereocenters. The minimum Gasteiger partial charge on any atom is -0.409 e. The van der Waals surface area contributed by atoms with Gasteiger partial charge in [-0.1, -0.05) is 70.5 Å². The predicted molar refractivity (Wildman–Crippen MR) is 261 cm³/mol.